The summed E-state index contributed by atoms with van der Waals surface area (Å²) in [5.74, 6) is 0. The molecule has 6 aromatic heterocycles. The Labute approximate surface area is 594 Å². The van der Waals surface area contributed by atoms with E-state index in [9.17, 15) is 0 Å². The minimum atomic E-state index is -0.403. The van der Waals surface area contributed by atoms with Crippen molar-refractivity contribution in [3.8, 4) is 56.4 Å². The maximum Gasteiger partial charge on any atom is 0.0645 e. The maximum absolute atomic E-state index is 8.76. The highest BCUT2D eigenvalue weighted by Gasteiger charge is 2.21. The lowest BCUT2D eigenvalue weighted by atomic mass is 10.0. The van der Waals surface area contributed by atoms with Crippen molar-refractivity contribution in [2.45, 2.75) is 0 Å². The van der Waals surface area contributed by atoms with E-state index in [0.29, 0.717) is 0 Å². The molecule has 16 aromatic carbocycles. The van der Waals surface area contributed by atoms with Crippen molar-refractivity contribution in [3.05, 3.63) is 376 Å². The van der Waals surface area contributed by atoms with Gasteiger partial charge in [0, 0.05) is 98.8 Å². The van der Waals surface area contributed by atoms with Crippen LogP contribution in [-0.4, -0.2) is 27.4 Å². The SMILES string of the molecule is [2H]c1c([2H])c([2H])c(-n2c3ccccc3c3cc(-c4ccc5c(c4)c4ccccc4n5-c4cccc(-n5c6ccccc6c6ccccc65)c4)ccc32)c([2H])c1[2H].c1ccc(-n2c3ccccc3c3cc(-c4ccc5c(c4)c4ccccc4n5-c4cccc(-n5c6ccccc6c6ccccc65)c4)ccc32)cc1. The first-order chi connectivity index (χ1) is 52.7. The van der Waals surface area contributed by atoms with Crippen molar-refractivity contribution in [2.24, 2.45) is 0 Å². The van der Waals surface area contributed by atoms with Crippen LogP contribution in [0.25, 0.3) is 187 Å². The van der Waals surface area contributed by atoms with E-state index in [1.807, 2.05) is 30.3 Å². The molecule has 22 aromatic rings. The molecule has 0 aliphatic heterocycles. The van der Waals surface area contributed by atoms with Gasteiger partial charge in [-0.15, -0.1) is 0 Å². The first kappa shape index (κ1) is 52.4. The summed E-state index contributed by atoms with van der Waals surface area (Å²) in [6, 6.07) is 122. The Balaban J connectivity index is 0.000000138. The molecule has 6 nitrogen and oxygen atoms in total. The number of rotatable bonds is 8. The highest BCUT2D eigenvalue weighted by molar-refractivity contribution is 6.16. The number of fused-ring (bicyclic) bond motifs is 18. The van der Waals surface area contributed by atoms with Crippen molar-refractivity contribution in [3.63, 3.8) is 0 Å². The van der Waals surface area contributed by atoms with E-state index in [-0.39, 0.29) is 29.9 Å². The van der Waals surface area contributed by atoms with Crippen LogP contribution in [0.2, 0.25) is 0 Å². The highest BCUT2D eigenvalue weighted by Crippen LogP contribution is 2.43. The Morgan fingerprint density at radius 3 is 0.627 bits per heavy atom. The lowest BCUT2D eigenvalue weighted by Gasteiger charge is -2.13. The standard InChI is InChI=1S/2C48H31N3/c2*1-2-13-34(14-3-1)49-45-23-10-6-19-39(45)41-29-32(25-27-47(41)49)33-26-28-48-42(30-33)40-20-7-11-24-46(40)51(48)36-16-12-15-35(31-36)50-43-21-8-4-17-37(43)38-18-5-9-22-44(38)50/h2*1-31H/i1D,2D,3D,13D,14D;. The molecule has 0 N–H and O–H groups in total. The molecule has 0 atom stereocenters. The van der Waals surface area contributed by atoms with Crippen LogP contribution in [0, 0.1) is 0 Å². The van der Waals surface area contributed by atoms with Gasteiger partial charge in [-0.3, -0.25) is 0 Å². The monoisotopic (exact) mass is 1300 g/mol. The summed E-state index contributed by atoms with van der Waals surface area (Å²) >= 11 is 0. The summed E-state index contributed by atoms with van der Waals surface area (Å²) in [6.07, 6.45) is 0. The molecular weight excluding hydrogens is 1240 g/mol. The van der Waals surface area contributed by atoms with Gasteiger partial charge in [-0.1, -0.05) is 218 Å². The average molecular weight is 1300 g/mol. The molecule has 0 bridgehead atoms. The minimum Gasteiger partial charge on any atom is -0.309 e. The second-order valence-corrected chi connectivity index (χ2v) is 26.4. The molecular formula is C96H62N6. The molecule has 6 heteroatoms. The number of para-hydroxylation sites is 10. The van der Waals surface area contributed by atoms with Crippen LogP contribution < -0.4 is 0 Å². The molecule has 0 unspecified atom stereocenters. The van der Waals surface area contributed by atoms with Crippen molar-refractivity contribution in [1.29, 1.82) is 0 Å². The summed E-state index contributed by atoms with van der Waals surface area (Å²) in [7, 11) is 0. The molecule has 0 saturated heterocycles. The van der Waals surface area contributed by atoms with Crippen molar-refractivity contribution >= 4 is 131 Å². The van der Waals surface area contributed by atoms with Gasteiger partial charge in [0.1, 0.15) is 0 Å². The minimum absolute atomic E-state index is 0.145. The molecule has 0 amide bonds. The average Bonchev–Trinajstić information content (AvgIpc) is 1.61. The quantitative estimate of drug-likeness (QED) is 0.145. The van der Waals surface area contributed by atoms with E-state index >= 15 is 0 Å². The van der Waals surface area contributed by atoms with Gasteiger partial charge in [0.05, 0.1) is 73.1 Å². The summed E-state index contributed by atoms with van der Waals surface area (Å²) in [5.41, 5.74) is 23.7. The van der Waals surface area contributed by atoms with Gasteiger partial charge in [-0.05, 0) is 180 Å². The zero-order valence-corrected chi connectivity index (χ0v) is 55.1. The van der Waals surface area contributed by atoms with E-state index in [2.05, 4.69) is 338 Å². The zero-order chi connectivity index (χ0) is 71.3. The van der Waals surface area contributed by atoms with E-state index in [1.165, 1.54) is 104 Å². The molecule has 6 heterocycles. The van der Waals surface area contributed by atoms with Gasteiger partial charge in [0.25, 0.3) is 0 Å². The summed E-state index contributed by atoms with van der Waals surface area (Å²) in [4.78, 5) is 0. The third kappa shape index (κ3) is 8.86. The molecule has 22 rings (SSSR count). The molecule has 476 valence electrons. The van der Waals surface area contributed by atoms with E-state index < -0.39 is 6.04 Å². The number of nitrogens with zero attached hydrogens (tertiary/aromatic N) is 6. The third-order valence-corrected chi connectivity index (χ3v) is 20.9. The van der Waals surface area contributed by atoms with Crippen molar-refractivity contribution in [1.82, 2.24) is 27.4 Å². The molecule has 0 saturated carbocycles. The Morgan fingerprint density at radius 1 is 0.147 bits per heavy atom. The Hall–Kier alpha value is -13.7. The lowest BCUT2D eigenvalue weighted by molar-refractivity contribution is 1.13. The fraction of sp³-hybridized carbons (Fsp3) is 0. The largest absolute Gasteiger partial charge is 0.309 e. The number of benzene rings is 16. The van der Waals surface area contributed by atoms with Gasteiger partial charge >= 0.3 is 0 Å². The second kappa shape index (κ2) is 23.0. The zero-order valence-electron chi connectivity index (χ0n) is 60.1. The smallest absolute Gasteiger partial charge is 0.0645 e. The third-order valence-electron chi connectivity index (χ3n) is 20.9. The Bertz CT molecular complexity index is 7330. The molecule has 0 radical (unpaired) electrons. The van der Waals surface area contributed by atoms with Crippen LogP contribution in [0.1, 0.15) is 6.85 Å². The van der Waals surface area contributed by atoms with Crippen LogP contribution in [0.3, 0.4) is 0 Å². The Morgan fingerprint density at radius 2 is 0.353 bits per heavy atom. The first-order valence-electron chi connectivity index (χ1n) is 37.1. The summed E-state index contributed by atoms with van der Waals surface area (Å²) < 4.78 is 56.1. The lowest BCUT2D eigenvalue weighted by Crippen LogP contribution is -1.98. The predicted molar refractivity (Wildman–Crippen MR) is 430 cm³/mol. The second-order valence-electron chi connectivity index (χ2n) is 26.4. The topological polar surface area (TPSA) is 29.6 Å². The van der Waals surface area contributed by atoms with Crippen LogP contribution in [-0.2, 0) is 0 Å². The highest BCUT2D eigenvalue weighted by atomic mass is 15.0. The predicted octanol–water partition coefficient (Wildman–Crippen LogP) is 25.3. The molecule has 0 aliphatic carbocycles. The van der Waals surface area contributed by atoms with Gasteiger partial charge in [-0.25, -0.2) is 0 Å². The fourth-order valence-corrected chi connectivity index (χ4v) is 16.6. The number of hydrogen-bond acceptors (Lipinski definition) is 0. The fourth-order valence-electron chi connectivity index (χ4n) is 16.6. The first-order valence-corrected chi connectivity index (χ1v) is 34.6. The van der Waals surface area contributed by atoms with Gasteiger partial charge in [0.15, 0.2) is 0 Å². The van der Waals surface area contributed by atoms with E-state index in [1.54, 1.807) is 4.57 Å². The molecule has 0 spiro atoms. The Kier molecular flexibility index (Phi) is 11.8. The summed E-state index contributed by atoms with van der Waals surface area (Å²) in [6.45, 7) is 0. The maximum atomic E-state index is 8.76. The normalized spacial score (nSPS) is 12.6. The van der Waals surface area contributed by atoms with Gasteiger partial charge in [0.2, 0.25) is 0 Å². The van der Waals surface area contributed by atoms with Crippen LogP contribution >= 0.6 is 0 Å². The van der Waals surface area contributed by atoms with E-state index in [4.69, 9.17) is 6.85 Å². The molecule has 102 heavy (non-hydrogen) atoms. The van der Waals surface area contributed by atoms with Gasteiger partial charge < -0.3 is 27.4 Å². The van der Waals surface area contributed by atoms with E-state index in [0.717, 1.165) is 77.5 Å². The van der Waals surface area contributed by atoms with Crippen molar-refractivity contribution < 1.29 is 6.85 Å². The van der Waals surface area contributed by atoms with Gasteiger partial charge in [-0.2, -0.15) is 0 Å². The molecule has 0 fully saturated rings. The summed E-state index contributed by atoms with van der Waals surface area (Å²) in [5, 5.41) is 14.2. The molecule has 0 aliphatic rings. The van der Waals surface area contributed by atoms with Crippen molar-refractivity contribution in [2.75, 3.05) is 0 Å². The number of aromatic nitrogens is 6. The van der Waals surface area contributed by atoms with Crippen LogP contribution in [0.4, 0.5) is 0 Å². The van der Waals surface area contributed by atoms with Crippen LogP contribution in [0.5, 0.6) is 0 Å². The van der Waals surface area contributed by atoms with Crippen LogP contribution in [0.15, 0.2) is 376 Å². The number of hydrogen-bond donors (Lipinski definition) is 0.